The molecule has 5 nitrogen and oxygen atoms in total. The molecule has 0 fully saturated rings. The van der Waals surface area contributed by atoms with Gasteiger partial charge >= 0.3 is 0 Å². The maximum atomic E-state index is 5.56. The first-order valence-corrected chi connectivity index (χ1v) is 31.1. The van der Waals surface area contributed by atoms with E-state index in [-0.39, 0.29) is 16.2 Å². The van der Waals surface area contributed by atoms with E-state index in [0.29, 0.717) is 5.82 Å². The summed E-state index contributed by atoms with van der Waals surface area (Å²) >= 11 is 0. The van der Waals surface area contributed by atoms with Gasteiger partial charge in [-0.25, -0.2) is 9.97 Å². The Kier molecular flexibility index (Phi) is 14.2. The van der Waals surface area contributed by atoms with Crippen molar-refractivity contribution in [2.24, 2.45) is 0 Å². The summed E-state index contributed by atoms with van der Waals surface area (Å²) in [6.07, 6.45) is 0. The summed E-state index contributed by atoms with van der Waals surface area (Å²) < 4.78 is 2.30. The van der Waals surface area contributed by atoms with E-state index in [0.717, 1.165) is 89.7 Å². The lowest BCUT2D eigenvalue weighted by atomic mass is 9.83. The molecule has 89 heavy (non-hydrogen) atoms. The van der Waals surface area contributed by atoms with Crippen LogP contribution in [-0.2, 0) is 16.2 Å². The van der Waals surface area contributed by atoms with Crippen LogP contribution in [0.5, 0.6) is 0 Å². The molecule has 14 rings (SSSR count). The maximum absolute atomic E-state index is 5.56. The first kappa shape index (κ1) is 56.4. The number of benzene rings is 12. The number of anilines is 6. The van der Waals surface area contributed by atoms with Crippen molar-refractivity contribution in [3.8, 4) is 50.7 Å². The molecule has 0 radical (unpaired) electrons. The largest absolute Gasteiger partial charge is 0.310 e. The first-order valence-electron chi connectivity index (χ1n) is 31.1. The number of fused-ring (bicyclic) bond motifs is 5. The molecular formula is C84H73N5. The zero-order valence-corrected chi connectivity index (χ0v) is 52.3. The molecule has 5 heteroatoms. The Labute approximate surface area is 523 Å². The predicted octanol–water partition coefficient (Wildman–Crippen LogP) is 23.4. The fourth-order valence-corrected chi connectivity index (χ4v) is 12.7. The number of para-hydroxylation sites is 2. The maximum Gasteiger partial charge on any atom is 0.162 e. The number of hydrogen-bond donors (Lipinski definition) is 0. The van der Waals surface area contributed by atoms with Gasteiger partial charge in [0.1, 0.15) is 5.82 Å². The smallest absolute Gasteiger partial charge is 0.162 e. The normalized spacial score (nSPS) is 12.1. The molecule has 14 aromatic rings. The molecule has 0 saturated carbocycles. The lowest BCUT2D eigenvalue weighted by Crippen LogP contribution is -2.20. The molecule has 0 atom stereocenters. The molecule has 12 aromatic carbocycles. The van der Waals surface area contributed by atoms with E-state index in [1.165, 1.54) is 49.4 Å². The topological polar surface area (TPSA) is 37.2 Å². The van der Waals surface area contributed by atoms with Gasteiger partial charge in [-0.2, -0.15) is 0 Å². The Morgan fingerprint density at radius 2 is 0.730 bits per heavy atom. The molecule has 0 bridgehead atoms. The third-order valence-corrected chi connectivity index (χ3v) is 17.7. The van der Waals surface area contributed by atoms with Crippen LogP contribution in [0.2, 0.25) is 0 Å². The van der Waals surface area contributed by atoms with Gasteiger partial charge in [0.05, 0.1) is 28.1 Å². The highest BCUT2D eigenvalue weighted by atomic mass is 15.2. The van der Waals surface area contributed by atoms with E-state index < -0.39 is 0 Å². The fraction of sp³-hybridized carbons (Fsp3) is 0.143. The minimum atomic E-state index is -0.267. The van der Waals surface area contributed by atoms with Gasteiger partial charge < -0.3 is 9.80 Å². The fourth-order valence-electron chi connectivity index (χ4n) is 12.7. The van der Waals surface area contributed by atoms with Crippen LogP contribution in [0.25, 0.3) is 94.1 Å². The lowest BCUT2D eigenvalue weighted by Gasteiger charge is -2.36. The highest BCUT2D eigenvalue weighted by Gasteiger charge is 2.30. The minimum absolute atomic E-state index is 0.0325. The van der Waals surface area contributed by atoms with E-state index in [2.05, 4.69) is 356 Å². The SMILES string of the molecule is CC(C)(C)c1ccc(N(c2ccc(-c3ccccc3)cc2)c2cc(C(C)(C)C)cc(N(c3ccc(-c4nc(-c5cccc6ccccc56)cc(-n5c6ccccc6c6ccccc65)n4)cc3)c3ccc(C(C)(C)C)cc3)c2-c2ccc3ccccc3c2)cc1. The molecule has 2 aromatic heterocycles. The van der Waals surface area contributed by atoms with Crippen molar-refractivity contribution in [2.75, 3.05) is 9.80 Å². The van der Waals surface area contributed by atoms with Gasteiger partial charge in [-0.15, -0.1) is 0 Å². The Bertz CT molecular complexity index is 4860. The van der Waals surface area contributed by atoms with Crippen LogP contribution in [0, 0.1) is 0 Å². The zero-order chi connectivity index (χ0) is 61.2. The molecule has 0 aliphatic heterocycles. The van der Waals surface area contributed by atoms with E-state index in [1.54, 1.807) is 0 Å². The van der Waals surface area contributed by atoms with Crippen molar-refractivity contribution in [1.82, 2.24) is 14.5 Å². The van der Waals surface area contributed by atoms with Crippen LogP contribution in [0.1, 0.15) is 79.0 Å². The van der Waals surface area contributed by atoms with Gasteiger partial charge in [-0.05, 0) is 162 Å². The molecule has 0 saturated heterocycles. The van der Waals surface area contributed by atoms with E-state index in [1.807, 2.05) is 0 Å². The van der Waals surface area contributed by atoms with E-state index >= 15 is 0 Å². The average Bonchev–Trinajstić information content (AvgIpc) is 1.93. The van der Waals surface area contributed by atoms with Crippen LogP contribution in [-0.4, -0.2) is 14.5 Å². The van der Waals surface area contributed by atoms with Crippen LogP contribution >= 0.6 is 0 Å². The van der Waals surface area contributed by atoms with Gasteiger partial charge in [0.25, 0.3) is 0 Å². The third-order valence-electron chi connectivity index (χ3n) is 17.7. The Balaban J connectivity index is 1.02. The van der Waals surface area contributed by atoms with Crippen molar-refractivity contribution in [3.05, 3.63) is 296 Å². The van der Waals surface area contributed by atoms with Crippen LogP contribution in [0.3, 0.4) is 0 Å². The highest BCUT2D eigenvalue weighted by Crippen LogP contribution is 2.52. The van der Waals surface area contributed by atoms with E-state index in [4.69, 9.17) is 9.97 Å². The van der Waals surface area contributed by atoms with Crippen molar-refractivity contribution < 1.29 is 0 Å². The summed E-state index contributed by atoms with van der Waals surface area (Å²) in [5.74, 6) is 1.44. The number of rotatable bonds is 11. The number of nitrogens with zero attached hydrogens (tertiary/aromatic N) is 5. The molecule has 0 spiro atoms. The van der Waals surface area contributed by atoms with Crippen molar-refractivity contribution >= 4 is 77.5 Å². The molecule has 2 heterocycles. The Morgan fingerprint density at radius 1 is 0.303 bits per heavy atom. The highest BCUT2D eigenvalue weighted by molar-refractivity contribution is 6.09. The molecule has 434 valence electrons. The van der Waals surface area contributed by atoms with Gasteiger partial charge in [0, 0.05) is 56.3 Å². The Hall–Kier alpha value is -10.4. The second kappa shape index (κ2) is 22.4. The van der Waals surface area contributed by atoms with Crippen molar-refractivity contribution in [3.63, 3.8) is 0 Å². The summed E-state index contributed by atoms with van der Waals surface area (Å²) in [6, 6.07) is 102. The van der Waals surface area contributed by atoms with Crippen LogP contribution in [0.15, 0.2) is 279 Å². The quantitative estimate of drug-likeness (QED) is 0.129. The second-order valence-electron chi connectivity index (χ2n) is 26.8. The van der Waals surface area contributed by atoms with Crippen molar-refractivity contribution in [1.29, 1.82) is 0 Å². The molecule has 0 aliphatic carbocycles. The molecule has 0 amide bonds. The standard InChI is InChI=1S/C84H73N5/c1-82(2,3)63-40-48-68(49-41-63)87(66-44-36-58(37-45-66)56-22-11-10-12-23-56)77-53-65(84(7,8)9)54-78(80(77)62-35-34-57-24-13-14-26-61(57)52-62)88(69-50-42-64(43-51-69)83(4,5)6)67-46-38-60(39-47-67)81-85-74(71-31-21-27-59-25-15-16-28-70(59)71)55-79(86-81)89-75-32-19-17-29-72(75)73-30-18-20-33-76(73)89/h10-55H,1-9H3. The van der Waals surface area contributed by atoms with Crippen LogP contribution in [0.4, 0.5) is 34.1 Å². The minimum Gasteiger partial charge on any atom is -0.310 e. The summed E-state index contributed by atoms with van der Waals surface area (Å²) in [5, 5.41) is 7.02. The summed E-state index contributed by atoms with van der Waals surface area (Å²) in [4.78, 5) is 16.0. The summed E-state index contributed by atoms with van der Waals surface area (Å²) in [7, 11) is 0. The first-order chi connectivity index (χ1) is 43.0. The lowest BCUT2D eigenvalue weighted by molar-refractivity contribution is 0.589. The van der Waals surface area contributed by atoms with Gasteiger partial charge in [0.15, 0.2) is 5.82 Å². The number of hydrogen-bond acceptors (Lipinski definition) is 4. The average molecular weight is 1150 g/mol. The monoisotopic (exact) mass is 1150 g/mol. The molecule has 0 N–H and O–H groups in total. The van der Waals surface area contributed by atoms with Crippen LogP contribution < -0.4 is 9.80 Å². The Morgan fingerprint density at radius 3 is 1.27 bits per heavy atom. The van der Waals surface area contributed by atoms with Crippen molar-refractivity contribution in [2.45, 2.75) is 78.6 Å². The predicted molar refractivity (Wildman–Crippen MR) is 379 cm³/mol. The summed E-state index contributed by atoms with van der Waals surface area (Å²) in [5.41, 5.74) is 19.2. The van der Waals surface area contributed by atoms with E-state index in [9.17, 15) is 0 Å². The molecular weight excluding hydrogens is 1080 g/mol. The second-order valence-corrected chi connectivity index (χ2v) is 26.8. The van der Waals surface area contributed by atoms with Gasteiger partial charge in [-0.3, -0.25) is 4.57 Å². The summed E-state index contributed by atoms with van der Waals surface area (Å²) in [6.45, 7) is 20.7. The zero-order valence-electron chi connectivity index (χ0n) is 52.3. The third kappa shape index (κ3) is 10.8. The van der Waals surface area contributed by atoms with Gasteiger partial charge in [-0.1, -0.05) is 244 Å². The molecule has 0 aliphatic rings. The van der Waals surface area contributed by atoms with Gasteiger partial charge in [0.2, 0.25) is 0 Å². The molecule has 0 unspecified atom stereocenters. The number of aromatic nitrogens is 3.